The summed E-state index contributed by atoms with van der Waals surface area (Å²) in [5.41, 5.74) is -1.22. The van der Waals surface area contributed by atoms with Crippen molar-refractivity contribution in [2.24, 2.45) is 0 Å². The Labute approximate surface area is 122 Å². The number of carbonyl (C=O) groups is 2. The fraction of sp³-hybridized carbons (Fsp3) is 0.176. The summed E-state index contributed by atoms with van der Waals surface area (Å²) in [4.78, 5) is 25.0. The molecule has 0 spiro atoms. The molecule has 0 aliphatic carbocycles. The molecule has 0 saturated heterocycles. The van der Waals surface area contributed by atoms with Crippen molar-refractivity contribution >= 4 is 22.5 Å². The maximum absolute atomic E-state index is 12.8. The smallest absolute Gasteiger partial charge is 0.358 e. The fourth-order valence-corrected chi connectivity index (χ4v) is 2.73. The molecule has 0 aromatic heterocycles. The molecule has 0 bridgehead atoms. The molecule has 4 nitrogen and oxygen atoms in total. The maximum Gasteiger partial charge on any atom is 0.358 e. The zero-order chi connectivity index (χ0) is 15.0. The molecule has 1 aliphatic rings. The highest BCUT2D eigenvalue weighted by Crippen LogP contribution is 2.41. The molecule has 2 aromatic rings. The van der Waals surface area contributed by atoms with E-state index in [4.69, 9.17) is 9.47 Å². The number of ether oxygens (including phenoxy) is 2. The highest BCUT2D eigenvalue weighted by Gasteiger charge is 2.55. The summed E-state index contributed by atoms with van der Waals surface area (Å²) in [5, 5.41) is 1.70. The molecule has 0 amide bonds. The average molecular weight is 282 g/mol. The van der Waals surface area contributed by atoms with Gasteiger partial charge in [-0.2, -0.15) is 0 Å². The van der Waals surface area contributed by atoms with Gasteiger partial charge in [-0.15, -0.1) is 6.58 Å². The van der Waals surface area contributed by atoms with Crippen molar-refractivity contribution in [1.29, 1.82) is 0 Å². The molecule has 0 N–H and O–H groups in total. The largest absolute Gasteiger partial charge is 0.466 e. The van der Waals surface area contributed by atoms with E-state index in [9.17, 15) is 9.59 Å². The number of hydrogen-bond donors (Lipinski definition) is 0. The molecule has 4 heteroatoms. The molecule has 0 fully saturated rings. The summed E-state index contributed by atoms with van der Waals surface area (Å²) in [5.74, 6) is -0.667. The first-order valence-corrected chi connectivity index (χ1v) is 6.59. The Hall–Kier alpha value is -2.62. The Morgan fingerprint density at radius 2 is 2.10 bits per heavy atom. The molecule has 1 aliphatic heterocycles. The summed E-state index contributed by atoms with van der Waals surface area (Å²) in [6.45, 7) is 3.61. The van der Waals surface area contributed by atoms with Crippen molar-refractivity contribution in [3.63, 3.8) is 0 Å². The van der Waals surface area contributed by atoms with Gasteiger partial charge in [0.1, 0.15) is 5.75 Å². The summed E-state index contributed by atoms with van der Waals surface area (Å²) >= 11 is 0. The topological polar surface area (TPSA) is 52.6 Å². The molecular weight excluding hydrogens is 268 g/mol. The summed E-state index contributed by atoms with van der Waals surface area (Å²) in [6.07, 6.45) is 1.56. The third-order valence-electron chi connectivity index (χ3n) is 3.72. The number of hydrogen-bond acceptors (Lipinski definition) is 4. The van der Waals surface area contributed by atoms with Gasteiger partial charge in [0.15, 0.2) is 0 Å². The van der Waals surface area contributed by atoms with Crippen molar-refractivity contribution in [3.05, 3.63) is 54.6 Å². The van der Waals surface area contributed by atoms with Gasteiger partial charge >= 0.3 is 5.97 Å². The second-order valence-electron chi connectivity index (χ2n) is 4.90. The number of carbonyl (C=O) groups excluding carboxylic acids is 2. The number of ketones is 1. The second-order valence-corrected chi connectivity index (χ2v) is 4.90. The monoisotopic (exact) mass is 282 g/mol. The van der Waals surface area contributed by atoms with E-state index in [0.717, 1.165) is 10.8 Å². The van der Waals surface area contributed by atoms with Crippen LogP contribution < -0.4 is 4.74 Å². The van der Waals surface area contributed by atoms with Gasteiger partial charge < -0.3 is 9.47 Å². The van der Waals surface area contributed by atoms with Gasteiger partial charge in [-0.1, -0.05) is 36.4 Å². The Kier molecular flexibility index (Phi) is 3.01. The molecule has 2 aromatic carbocycles. The molecule has 1 heterocycles. The first-order chi connectivity index (χ1) is 10.1. The molecular formula is C17H14O4. The molecule has 0 saturated carbocycles. The lowest BCUT2D eigenvalue weighted by atomic mass is 9.90. The van der Waals surface area contributed by atoms with E-state index in [1.54, 1.807) is 6.07 Å². The lowest BCUT2D eigenvalue weighted by Gasteiger charge is -2.22. The highest BCUT2D eigenvalue weighted by molar-refractivity contribution is 6.24. The van der Waals surface area contributed by atoms with Crippen molar-refractivity contribution in [1.82, 2.24) is 0 Å². The van der Waals surface area contributed by atoms with Crippen LogP contribution in [0.5, 0.6) is 5.75 Å². The molecule has 1 unspecified atom stereocenters. The van der Waals surface area contributed by atoms with Crippen molar-refractivity contribution in [2.75, 3.05) is 7.11 Å². The van der Waals surface area contributed by atoms with Gasteiger partial charge in [0.2, 0.25) is 5.78 Å². The number of Topliss-reactive ketones (excluding diaryl/α,β-unsaturated/α-hetero) is 1. The SMILES string of the molecule is C=CCC1(C(=O)OC)Oc2ccc3ccccc3c2C1=O. The van der Waals surface area contributed by atoms with Crippen molar-refractivity contribution in [2.45, 2.75) is 12.0 Å². The van der Waals surface area contributed by atoms with Gasteiger partial charge in [0, 0.05) is 6.42 Å². The van der Waals surface area contributed by atoms with E-state index in [-0.39, 0.29) is 12.2 Å². The number of benzene rings is 2. The Bertz CT molecular complexity index is 762. The maximum atomic E-state index is 12.8. The van der Waals surface area contributed by atoms with Gasteiger partial charge in [-0.3, -0.25) is 4.79 Å². The van der Waals surface area contributed by atoms with E-state index in [2.05, 4.69) is 6.58 Å². The minimum absolute atomic E-state index is 0.0709. The summed E-state index contributed by atoms with van der Waals surface area (Å²) in [7, 11) is 1.24. The van der Waals surface area contributed by atoms with Crippen LogP contribution in [0, 0.1) is 0 Å². The Morgan fingerprint density at radius 3 is 2.81 bits per heavy atom. The number of fused-ring (bicyclic) bond motifs is 3. The van der Waals surface area contributed by atoms with Gasteiger partial charge in [0.05, 0.1) is 12.7 Å². The van der Waals surface area contributed by atoms with Crippen LogP contribution in [0.15, 0.2) is 49.1 Å². The first kappa shape index (κ1) is 13.4. The zero-order valence-corrected chi connectivity index (χ0v) is 11.6. The summed E-state index contributed by atoms with van der Waals surface area (Å²) < 4.78 is 10.5. The minimum atomic E-state index is -1.65. The third kappa shape index (κ3) is 1.76. The predicted octanol–water partition coefficient (Wildman–Crippen LogP) is 2.90. The van der Waals surface area contributed by atoms with Crippen LogP contribution in [0.1, 0.15) is 16.8 Å². The van der Waals surface area contributed by atoms with Gasteiger partial charge in [-0.05, 0) is 16.8 Å². The van der Waals surface area contributed by atoms with E-state index >= 15 is 0 Å². The lowest BCUT2D eigenvalue weighted by molar-refractivity contribution is -0.153. The molecule has 21 heavy (non-hydrogen) atoms. The normalized spacial score (nSPS) is 20.0. The Morgan fingerprint density at radius 1 is 1.33 bits per heavy atom. The molecule has 3 rings (SSSR count). The Balaban J connectivity index is 2.24. The van der Waals surface area contributed by atoms with Crippen LogP contribution in [0.25, 0.3) is 10.8 Å². The van der Waals surface area contributed by atoms with Crippen LogP contribution >= 0.6 is 0 Å². The molecule has 0 radical (unpaired) electrons. The minimum Gasteiger partial charge on any atom is -0.466 e. The highest BCUT2D eigenvalue weighted by atomic mass is 16.6. The van der Waals surface area contributed by atoms with E-state index in [0.29, 0.717) is 11.3 Å². The van der Waals surface area contributed by atoms with Crippen LogP contribution in [-0.4, -0.2) is 24.5 Å². The predicted molar refractivity (Wildman–Crippen MR) is 78.5 cm³/mol. The standard InChI is InChI=1S/C17H14O4/c1-3-10-17(16(19)20-2)15(18)14-12-7-5-4-6-11(12)8-9-13(14)21-17/h3-9H,1,10H2,2H3. The zero-order valence-electron chi connectivity index (χ0n) is 11.6. The van der Waals surface area contributed by atoms with Crippen molar-refractivity contribution < 1.29 is 19.1 Å². The van der Waals surface area contributed by atoms with Crippen LogP contribution in [-0.2, 0) is 9.53 Å². The van der Waals surface area contributed by atoms with Crippen molar-refractivity contribution in [3.8, 4) is 5.75 Å². The number of esters is 1. The average Bonchev–Trinajstić information content (AvgIpc) is 2.81. The first-order valence-electron chi connectivity index (χ1n) is 6.59. The molecule has 106 valence electrons. The number of methoxy groups -OCH3 is 1. The lowest BCUT2D eigenvalue weighted by Crippen LogP contribution is -2.48. The number of rotatable bonds is 3. The fourth-order valence-electron chi connectivity index (χ4n) is 2.73. The van der Waals surface area contributed by atoms with Gasteiger partial charge in [0.25, 0.3) is 5.60 Å². The van der Waals surface area contributed by atoms with Gasteiger partial charge in [-0.25, -0.2) is 4.79 Å². The second kappa shape index (κ2) is 4.74. The van der Waals surface area contributed by atoms with Crippen LogP contribution in [0.2, 0.25) is 0 Å². The van der Waals surface area contributed by atoms with Crippen LogP contribution in [0.4, 0.5) is 0 Å². The van der Waals surface area contributed by atoms with E-state index < -0.39 is 11.6 Å². The quantitative estimate of drug-likeness (QED) is 0.493. The van der Waals surface area contributed by atoms with Crippen LogP contribution in [0.3, 0.4) is 0 Å². The third-order valence-corrected chi connectivity index (χ3v) is 3.72. The molecule has 1 atom stereocenters. The van der Waals surface area contributed by atoms with E-state index in [1.165, 1.54) is 13.2 Å². The summed E-state index contributed by atoms with van der Waals surface area (Å²) in [6, 6.07) is 11.1. The van der Waals surface area contributed by atoms with E-state index in [1.807, 2.05) is 30.3 Å².